The van der Waals surface area contributed by atoms with Crippen LogP contribution in [0, 0.1) is 0 Å². The number of carbonyl (C=O) groups is 1. The molecule has 1 fully saturated rings. The highest BCUT2D eigenvalue weighted by molar-refractivity contribution is 6.30. The van der Waals surface area contributed by atoms with E-state index in [1.807, 2.05) is 48.5 Å². The predicted octanol–water partition coefficient (Wildman–Crippen LogP) is 4.09. The number of carbonyl (C=O) groups excluding carboxylic acids is 1. The zero-order chi connectivity index (χ0) is 16.3. The van der Waals surface area contributed by atoms with E-state index in [1.165, 1.54) is 0 Å². The van der Waals surface area contributed by atoms with E-state index in [-0.39, 0.29) is 5.91 Å². The van der Waals surface area contributed by atoms with Crippen LogP contribution in [0.2, 0.25) is 5.02 Å². The zero-order valence-electron chi connectivity index (χ0n) is 13.1. The van der Waals surface area contributed by atoms with Gasteiger partial charge in [-0.2, -0.15) is 0 Å². The molecule has 1 saturated carbocycles. The van der Waals surface area contributed by atoms with Gasteiger partial charge in [-0.3, -0.25) is 4.79 Å². The summed E-state index contributed by atoms with van der Waals surface area (Å²) in [5.41, 5.74) is 1.62. The number of benzene rings is 2. The van der Waals surface area contributed by atoms with Gasteiger partial charge >= 0.3 is 0 Å². The molecule has 4 heteroatoms. The Morgan fingerprint density at radius 1 is 1.17 bits per heavy atom. The van der Waals surface area contributed by atoms with E-state index in [9.17, 15) is 4.79 Å². The zero-order valence-corrected chi connectivity index (χ0v) is 13.9. The van der Waals surface area contributed by atoms with Crippen molar-refractivity contribution < 1.29 is 9.53 Å². The van der Waals surface area contributed by atoms with Crippen LogP contribution in [0.1, 0.15) is 30.4 Å². The first-order valence-corrected chi connectivity index (χ1v) is 8.20. The normalized spacial score (nSPS) is 15.6. The summed E-state index contributed by atoms with van der Waals surface area (Å²) < 4.78 is 5.34. The van der Waals surface area contributed by atoms with E-state index >= 15 is 0 Å². The van der Waals surface area contributed by atoms with Crippen molar-refractivity contribution in [1.29, 1.82) is 0 Å². The number of hydrogen-bond acceptors (Lipinski definition) is 2. The third-order valence-electron chi connectivity index (χ3n) is 4.67. The quantitative estimate of drug-likeness (QED) is 0.897. The summed E-state index contributed by atoms with van der Waals surface area (Å²) in [5, 5.41) is 3.77. The summed E-state index contributed by atoms with van der Waals surface area (Å²) in [6, 6.07) is 15.4. The lowest BCUT2D eigenvalue weighted by Crippen LogP contribution is -2.49. The second kappa shape index (κ2) is 6.63. The molecule has 0 heterocycles. The molecule has 0 radical (unpaired) electrons. The Hall–Kier alpha value is -2.00. The molecular formula is C19H20ClNO2. The smallest absolute Gasteiger partial charge is 0.230 e. The number of para-hydroxylation sites is 1. The van der Waals surface area contributed by atoms with Crippen LogP contribution < -0.4 is 10.1 Å². The van der Waals surface area contributed by atoms with Gasteiger partial charge in [-0.25, -0.2) is 0 Å². The predicted molar refractivity (Wildman–Crippen MR) is 91.8 cm³/mol. The van der Waals surface area contributed by atoms with Crippen molar-refractivity contribution in [1.82, 2.24) is 5.32 Å². The number of halogens is 1. The van der Waals surface area contributed by atoms with Gasteiger partial charge in [0.1, 0.15) is 5.75 Å². The molecule has 0 saturated heterocycles. The first-order chi connectivity index (χ1) is 11.2. The van der Waals surface area contributed by atoms with Gasteiger partial charge in [-0.05, 0) is 36.6 Å². The molecule has 23 heavy (non-hydrogen) atoms. The minimum atomic E-state index is -0.410. The Kier molecular flexibility index (Phi) is 4.58. The van der Waals surface area contributed by atoms with Gasteiger partial charge in [0.25, 0.3) is 0 Å². The molecule has 2 aromatic rings. The summed E-state index contributed by atoms with van der Waals surface area (Å²) in [4.78, 5) is 12.8. The first-order valence-electron chi connectivity index (χ1n) is 7.82. The average molecular weight is 330 g/mol. The lowest BCUT2D eigenvalue weighted by atomic mass is 9.64. The van der Waals surface area contributed by atoms with Gasteiger partial charge in [-0.15, -0.1) is 0 Å². The highest BCUT2D eigenvalue weighted by atomic mass is 35.5. The molecule has 2 aromatic carbocycles. The largest absolute Gasteiger partial charge is 0.496 e. The molecule has 120 valence electrons. The van der Waals surface area contributed by atoms with E-state index in [1.54, 1.807) is 7.11 Å². The maximum absolute atomic E-state index is 12.8. The number of hydrogen-bond donors (Lipinski definition) is 1. The first kappa shape index (κ1) is 15.9. The molecule has 0 aliphatic heterocycles. The molecule has 1 amide bonds. The van der Waals surface area contributed by atoms with Crippen molar-refractivity contribution in [2.24, 2.45) is 0 Å². The standard InChI is InChI=1S/C19H20ClNO2/c1-23-17-6-3-2-5-14(17)13-21-18(22)19(11-4-12-19)15-7-9-16(20)10-8-15/h2-3,5-10H,4,11-13H2,1H3,(H,21,22). The molecule has 1 N–H and O–H groups in total. The van der Waals surface area contributed by atoms with Crippen molar-refractivity contribution in [3.05, 3.63) is 64.7 Å². The Bertz CT molecular complexity index is 693. The van der Waals surface area contributed by atoms with Crippen LogP contribution in [0.25, 0.3) is 0 Å². The van der Waals surface area contributed by atoms with E-state index < -0.39 is 5.41 Å². The van der Waals surface area contributed by atoms with Gasteiger partial charge in [0.05, 0.1) is 12.5 Å². The third-order valence-corrected chi connectivity index (χ3v) is 4.92. The minimum absolute atomic E-state index is 0.0805. The van der Waals surface area contributed by atoms with Crippen LogP contribution >= 0.6 is 11.6 Å². The Balaban J connectivity index is 1.75. The molecule has 0 aromatic heterocycles. The van der Waals surface area contributed by atoms with Gasteiger partial charge < -0.3 is 10.1 Å². The summed E-state index contributed by atoms with van der Waals surface area (Å²) in [6.45, 7) is 0.470. The maximum Gasteiger partial charge on any atom is 0.230 e. The molecule has 3 rings (SSSR count). The van der Waals surface area contributed by atoms with E-state index in [0.717, 1.165) is 36.1 Å². The van der Waals surface area contributed by atoms with Gasteiger partial charge in [0.15, 0.2) is 0 Å². The lowest BCUT2D eigenvalue weighted by molar-refractivity contribution is -0.130. The fourth-order valence-electron chi connectivity index (χ4n) is 3.14. The molecule has 0 spiro atoms. The summed E-state index contributed by atoms with van der Waals surface area (Å²) >= 11 is 5.96. The van der Waals surface area contributed by atoms with Crippen LogP contribution in [0.15, 0.2) is 48.5 Å². The Morgan fingerprint density at radius 2 is 1.87 bits per heavy atom. The van der Waals surface area contributed by atoms with E-state index in [0.29, 0.717) is 11.6 Å². The van der Waals surface area contributed by atoms with Crippen molar-refractivity contribution in [2.75, 3.05) is 7.11 Å². The fourth-order valence-corrected chi connectivity index (χ4v) is 3.27. The summed E-state index contributed by atoms with van der Waals surface area (Å²) in [5.74, 6) is 0.874. The highest BCUT2D eigenvalue weighted by Crippen LogP contribution is 2.44. The topological polar surface area (TPSA) is 38.3 Å². The molecule has 0 unspecified atom stereocenters. The number of methoxy groups -OCH3 is 1. The van der Waals surface area contributed by atoms with Crippen LogP contribution in [-0.2, 0) is 16.8 Å². The molecule has 0 atom stereocenters. The van der Waals surface area contributed by atoms with E-state index in [4.69, 9.17) is 16.3 Å². The Labute approximate surface area is 141 Å². The van der Waals surface area contributed by atoms with Crippen molar-refractivity contribution in [3.8, 4) is 5.75 Å². The SMILES string of the molecule is COc1ccccc1CNC(=O)C1(c2ccc(Cl)cc2)CCC1. The third kappa shape index (κ3) is 3.06. The van der Waals surface area contributed by atoms with Gasteiger partial charge in [0, 0.05) is 17.1 Å². The van der Waals surface area contributed by atoms with Crippen LogP contribution in [0.3, 0.4) is 0 Å². The molecule has 1 aliphatic carbocycles. The second-order valence-electron chi connectivity index (χ2n) is 5.94. The molecule has 0 bridgehead atoms. The molecular weight excluding hydrogens is 310 g/mol. The average Bonchev–Trinajstić information content (AvgIpc) is 2.54. The van der Waals surface area contributed by atoms with Gasteiger partial charge in [-0.1, -0.05) is 48.4 Å². The summed E-state index contributed by atoms with van der Waals surface area (Å²) in [6.07, 6.45) is 2.84. The fraction of sp³-hybridized carbons (Fsp3) is 0.316. The highest BCUT2D eigenvalue weighted by Gasteiger charge is 2.45. The minimum Gasteiger partial charge on any atom is -0.496 e. The van der Waals surface area contributed by atoms with E-state index in [2.05, 4.69) is 5.32 Å². The summed E-state index contributed by atoms with van der Waals surface area (Å²) in [7, 11) is 1.64. The molecule has 1 aliphatic rings. The number of amides is 1. The number of nitrogens with one attached hydrogen (secondary N) is 1. The van der Waals surface area contributed by atoms with Crippen LogP contribution in [0.4, 0.5) is 0 Å². The second-order valence-corrected chi connectivity index (χ2v) is 6.37. The monoisotopic (exact) mass is 329 g/mol. The Morgan fingerprint density at radius 3 is 2.48 bits per heavy atom. The van der Waals surface area contributed by atoms with Gasteiger partial charge in [0.2, 0.25) is 5.91 Å². The van der Waals surface area contributed by atoms with Crippen LogP contribution in [-0.4, -0.2) is 13.0 Å². The maximum atomic E-state index is 12.8. The number of rotatable bonds is 5. The van der Waals surface area contributed by atoms with Crippen molar-refractivity contribution >= 4 is 17.5 Å². The van der Waals surface area contributed by atoms with Crippen molar-refractivity contribution in [2.45, 2.75) is 31.2 Å². The lowest BCUT2D eigenvalue weighted by Gasteiger charge is -2.40. The van der Waals surface area contributed by atoms with Crippen LogP contribution in [0.5, 0.6) is 5.75 Å². The number of ether oxygens (including phenoxy) is 1. The molecule has 3 nitrogen and oxygen atoms in total. The van der Waals surface area contributed by atoms with Crippen molar-refractivity contribution in [3.63, 3.8) is 0 Å².